The summed E-state index contributed by atoms with van der Waals surface area (Å²) in [6, 6.07) is 6.75. The molecule has 0 radical (unpaired) electrons. The second-order valence-corrected chi connectivity index (χ2v) is 5.38. The number of aryl methyl sites for hydroxylation is 2. The molecule has 2 nitrogen and oxygen atoms in total. The Morgan fingerprint density at radius 1 is 1.29 bits per heavy atom. The Balaban J connectivity index is 2.14. The summed E-state index contributed by atoms with van der Waals surface area (Å²) in [5, 5.41) is 0.718. The van der Waals surface area contributed by atoms with Gasteiger partial charge in [-0.25, -0.2) is 4.98 Å². The average Bonchev–Trinajstić information content (AvgIpc) is 2.69. The van der Waals surface area contributed by atoms with Crippen molar-refractivity contribution in [1.82, 2.24) is 9.97 Å². The number of aromatic nitrogens is 2. The number of thiol groups is 1. The van der Waals surface area contributed by atoms with Gasteiger partial charge in [-0.05, 0) is 29.9 Å². The zero-order chi connectivity index (χ0) is 12.0. The largest absolute Gasteiger partial charge is 0.336 e. The molecule has 1 aliphatic rings. The van der Waals surface area contributed by atoms with Crippen LogP contribution in [0.25, 0.3) is 11.3 Å². The summed E-state index contributed by atoms with van der Waals surface area (Å²) in [7, 11) is 0. The fourth-order valence-electron chi connectivity index (χ4n) is 2.47. The van der Waals surface area contributed by atoms with E-state index in [0.29, 0.717) is 5.92 Å². The highest BCUT2D eigenvalue weighted by Gasteiger charge is 2.20. The normalized spacial score (nSPS) is 13.6. The van der Waals surface area contributed by atoms with Gasteiger partial charge in [-0.1, -0.05) is 32.0 Å². The highest BCUT2D eigenvalue weighted by Crippen LogP contribution is 2.34. The number of imidazole rings is 1. The fourth-order valence-corrected chi connectivity index (χ4v) is 2.70. The van der Waals surface area contributed by atoms with Crippen LogP contribution in [0.4, 0.5) is 0 Å². The predicted octanol–water partition coefficient (Wildman–Crippen LogP) is 3.59. The van der Waals surface area contributed by atoms with E-state index in [-0.39, 0.29) is 0 Å². The quantitative estimate of drug-likeness (QED) is 0.737. The van der Waals surface area contributed by atoms with Gasteiger partial charge in [-0.2, -0.15) is 0 Å². The standard InChI is InChI=1S/C14H16N2S/c1-8(2)9-3-5-11-10(7-9)4-6-12-13(11)16-14(17)15-12/h3,5,7-8H,4,6H2,1-2H3,(H2,15,16,17). The number of fused-ring (bicyclic) bond motifs is 3. The van der Waals surface area contributed by atoms with Gasteiger partial charge in [-0.3, -0.25) is 0 Å². The monoisotopic (exact) mass is 244 g/mol. The minimum atomic E-state index is 0.585. The molecule has 2 aromatic rings. The summed E-state index contributed by atoms with van der Waals surface area (Å²) in [5.74, 6) is 0.585. The van der Waals surface area contributed by atoms with Crippen LogP contribution in [0.1, 0.15) is 36.6 Å². The molecule has 0 saturated heterocycles. The van der Waals surface area contributed by atoms with Gasteiger partial charge in [0.05, 0.1) is 5.69 Å². The van der Waals surface area contributed by atoms with Gasteiger partial charge in [0, 0.05) is 11.3 Å². The van der Waals surface area contributed by atoms with Gasteiger partial charge in [0.15, 0.2) is 5.16 Å². The Labute approximate surface area is 107 Å². The van der Waals surface area contributed by atoms with Crippen molar-refractivity contribution in [3.05, 3.63) is 35.0 Å². The van der Waals surface area contributed by atoms with Crippen LogP contribution in [0.5, 0.6) is 0 Å². The lowest BCUT2D eigenvalue weighted by molar-refractivity contribution is 0.850. The number of H-pyrrole nitrogens is 1. The van der Waals surface area contributed by atoms with Crippen LogP contribution < -0.4 is 0 Å². The highest BCUT2D eigenvalue weighted by molar-refractivity contribution is 7.80. The van der Waals surface area contributed by atoms with E-state index in [2.05, 4.69) is 54.6 Å². The molecule has 0 unspecified atom stereocenters. The van der Waals surface area contributed by atoms with Gasteiger partial charge >= 0.3 is 0 Å². The maximum atomic E-state index is 4.48. The Morgan fingerprint density at radius 2 is 2.12 bits per heavy atom. The van der Waals surface area contributed by atoms with E-state index >= 15 is 0 Å². The number of nitrogens with one attached hydrogen (secondary N) is 1. The molecule has 1 N–H and O–H groups in total. The Hall–Kier alpha value is -1.22. The fraction of sp³-hybridized carbons (Fsp3) is 0.357. The Morgan fingerprint density at radius 3 is 2.88 bits per heavy atom. The van der Waals surface area contributed by atoms with Crippen molar-refractivity contribution >= 4 is 12.6 Å². The molecule has 0 saturated carbocycles. The van der Waals surface area contributed by atoms with E-state index < -0.39 is 0 Å². The average molecular weight is 244 g/mol. The lowest BCUT2D eigenvalue weighted by Crippen LogP contribution is -2.04. The molecule has 0 bridgehead atoms. The first-order chi connectivity index (χ1) is 8.15. The molecule has 1 aromatic heterocycles. The molecule has 3 rings (SSSR count). The van der Waals surface area contributed by atoms with Crippen LogP contribution in [0.3, 0.4) is 0 Å². The Bertz CT molecular complexity index is 570. The summed E-state index contributed by atoms with van der Waals surface area (Å²) < 4.78 is 0. The van der Waals surface area contributed by atoms with Crippen LogP contribution >= 0.6 is 12.6 Å². The van der Waals surface area contributed by atoms with Crippen LogP contribution in [-0.2, 0) is 12.8 Å². The van der Waals surface area contributed by atoms with Crippen LogP contribution in [-0.4, -0.2) is 9.97 Å². The van der Waals surface area contributed by atoms with Crippen molar-refractivity contribution in [1.29, 1.82) is 0 Å². The number of rotatable bonds is 1. The molecule has 1 heterocycles. The lowest BCUT2D eigenvalue weighted by atomic mass is 9.89. The van der Waals surface area contributed by atoms with Gasteiger partial charge in [0.1, 0.15) is 0 Å². The van der Waals surface area contributed by atoms with E-state index in [1.807, 2.05) is 0 Å². The molecule has 17 heavy (non-hydrogen) atoms. The van der Waals surface area contributed by atoms with Gasteiger partial charge in [-0.15, -0.1) is 12.6 Å². The third kappa shape index (κ3) is 1.78. The molecule has 0 amide bonds. The second-order valence-electron chi connectivity index (χ2n) is 4.96. The number of nitrogens with zero attached hydrogens (tertiary/aromatic N) is 1. The summed E-state index contributed by atoms with van der Waals surface area (Å²) in [6.07, 6.45) is 2.13. The van der Waals surface area contributed by atoms with Gasteiger partial charge < -0.3 is 4.98 Å². The molecule has 0 aliphatic heterocycles. The molecular weight excluding hydrogens is 228 g/mol. The maximum Gasteiger partial charge on any atom is 0.163 e. The lowest BCUT2D eigenvalue weighted by Gasteiger charge is -2.17. The predicted molar refractivity (Wildman–Crippen MR) is 72.8 cm³/mol. The molecule has 0 atom stereocenters. The first-order valence-electron chi connectivity index (χ1n) is 6.06. The number of hydrogen-bond donors (Lipinski definition) is 2. The number of aromatic amines is 1. The minimum Gasteiger partial charge on any atom is -0.336 e. The van der Waals surface area contributed by atoms with Crippen molar-refractivity contribution in [3.63, 3.8) is 0 Å². The van der Waals surface area contributed by atoms with E-state index in [1.165, 1.54) is 22.4 Å². The molecule has 1 aromatic carbocycles. The highest BCUT2D eigenvalue weighted by atomic mass is 32.1. The maximum absolute atomic E-state index is 4.48. The van der Waals surface area contributed by atoms with Crippen LogP contribution in [0, 0.1) is 0 Å². The zero-order valence-corrected chi connectivity index (χ0v) is 11.0. The first-order valence-corrected chi connectivity index (χ1v) is 6.51. The molecule has 0 spiro atoms. The topological polar surface area (TPSA) is 28.7 Å². The second kappa shape index (κ2) is 3.91. The molecule has 1 aliphatic carbocycles. The smallest absolute Gasteiger partial charge is 0.163 e. The van der Waals surface area contributed by atoms with Crippen LogP contribution in [0.2, 0.25) is 0 Å². The summed E-state index contributed by atoms with van der Waals surface area (Å²) in [6.45, 7) is 4.46. The van der Waals surface area contributed by atoms with E-state index in [1.54, 1.807) is 0 Å². The number of benzene rings is 1. The van der Waals surface area contributed by atoms with Crippen molar-refractivity contribution in [2.45, 2.75) is 37.8 Å². The summed E-state index contributed by atoms with van der Waals surface area (Å²) in [5.41, 5.74) is 6.41. The zero-order valence-electron chi connectivity index (χ0n) is 10.1. The van der Waals surface area contributed by atoms with Gasteiger partial charge in [0.25, 0.3) is 0 Å². The van der Waals surface area contributed by atoms with E-state index in [0.717, 1.165) is 23.7 Å². The molecular formula is C14H16N2S. The third-order valence-electron chi connectivity index (χ3n) is 3.46. The molecule has 3 heteroatoms. The SMILES string of the molecule is CC(C)c1ccc2c(c1)CCc1[nH]c(S)nc1-2. The summed E-state index contributed by atoms with van der Waals surface area (Å²) in [4.78, 5) is 7.70. The van der Waals surface area contributed by atoms with E-state index in [9.17, 15) is 0 Å². The molecule has 88 valence electrons. The third-order valence-corrected chi connectivity index (χ3v) is 3.67. The van der Waals surface area contributed by atoms with Crippen LogP contribution in [0.15, 0.2) is 23.4 Å². The summed E-state index contributed by atoms with van der Waals surface area (Å²) >= 11 is 4.29. The van der Waals surface area contributed by atoms with Gasteiger partial charge in [0.2, 0.25) is 0 Å². The van der Waals surface area contributed by atoms with Crippen molar-refractivity contribution < 1.29 is 0 Å². The first kappa shape index (κ1) is 10.9. The van der Waals surface area contributed by atoms with Crippen molar-refractivity contribution in [3.8, 4) is 11.3 Å². The van der Waals surface area contributed by atoms with E-state index in [4.69, 9.17) is 0 Å². The minimum absolute atomic E-state index is 0.585. The van der Waals surface area contributed by atoms with Crippen molar-refractivity contribution in [2.24, 2.45) is 0 Å². The van der Waals surface area contributed by atoms with Crippen molar-refractivity contribution in [2.75, 3.05) is 0 Å². The molecule has 0 fully saturated rings. The number of hydrogen-bond acceptors (Lipinski definition) is 2. The Kier molecular flexibility index (Phi) is 2.51.